The van der Waals surface area contributed by atoms with Crippen LogP contribution in [0.3, 0.4) is 0 Å². The average molecular weight is 347 g/mol. The summed E-state index contributed by atoms with van der Waals surface area (Å²) in [6.45, 7) is 8.92. The summed E-state index contributed by atoms with van der Waals surface area (Å²) in [6.07, 6.45) is 0. The Balaban J connectivity index is 1.37. The number of hydrogen-bond donors (Lipinski definition) is 0. The van der Waals surface area contributed by atoms with E-state index >= 15 is 0 Å². The van der Waals surface area contributed by atoms with Crippen molar-refractivity contribution in [2.24, 2.45) is 0 Å². The molecular weight excluding hydrogens is 326 g/mol. The number of morpholine rings is 1. The van der Waals surface area contributed by atoms with Crippen LogP contribution >= 0.6 is 11.5 Å². The predicted octanol–water partition coefficient (Wildman–Crippen LogP) is 0.800. The minimum atomic E-state index is 0.760. The smallest absolute Gasteiger partial charge is 0.205 e. The summed E-state index contributed by atoms with van der Waals surface area (Å²) in [5, 5.41) is 9.85. The zero-order valence-electron chi connectivity index (χ0n) is 13.8. The maximum atomic E-state index is 5.38. The van der Waals surface area contributed by atoms with Gasteiger partial charge in [0.25, 0.3) is 0 Å². The lowest BCUT2D eigenvalue weighted by atomic mass is 10.3. The molecule has 0 bridgehead atoms. The van der Waals surface area contributed by atoms with E-state index in [4.69, 9.17) is 4.74 Å². The van der Waals surface area contributed by atoms with E-state index in [9.17, 15) is 0 Å². The Morgan fingerprint density at radius 2 is 1.46 bits per heavy atom. The van der Waals surface area contributed by atoms with Gasteiger partial charge in [-0.05, 0) is 19.1 Å². The van der Waals surface area contributed by atoms with Crippen molar-refractivity contribution in [2.45, 2.75) is 6.92 Å². The molecule has 2 aliphatic rings. The van der Waals surface area contributed by atoms with E-state index < -0.39 is 0 Å². The average Bonchev–Trinajstić information content (AvgIpc) is 3.09. The molecule has 0 amide bonds. The van der Waals surface area contributed by atoms with Crippen molar-refractivity contribution in [3.05, 3.63) is 18.0 Å². The molecule has 4 rings (SSSR count). The van der Waals surface area contributed by atoms with Gasteiger partial charge in [0.05, 0.1) is 13.2 Å². The van der Waals surface area contributed by atoms with Crippen LogP contribution in [0.4, 0.5) is 16.8 Å². The summed E-state index contributed by atoms with van der Waals surface area (Å²) in [6, 6.07) is 4.14. The summed E-state index contributed by atoms with van der Waals surface area (Å²) in [5.74, 6) is 2.73. The Hall–Kier alpha value is -2.00. The molecule has 0 unspecified atom stereocenters. The molecule has 0 atom stereocenters. The van der Waals surface area contributed by atoms with Gasteiger partial charge in [-0.25, -0.2) is 4.98 Å². The lowest BCUT2D eigenvalue weighted by Gasteiger charge is -2.35. The fourth-order valence-electron chi connectivity index (χ4n) is 2.99. The molecule has 0 aliphatic carbocycles. The summed E-state index contributed by atoms with van der Waals surface area (Å²) in [7, 11) is 0. The molecule has 8 nitrogen and oxygen atoms in total. The number of anilines is 3. The number of piperazine rings is 1. The molecule has 9 heteroatoms. The van der Waals surface area contributed by atoms with Crippen molar-refractivity contribution < 1.29 is 4.74 Å². The molecule has 0 saturated carbocycles. The van der Waals surface area contributed by atoms with E-state index in [1.165, 1.54) is 11.5 Å². The minimum absolute atomic E-state index is 0.760. The second kappa shape index (κ2) is 6.86. The van der Waals surface area contributed by atoms with Gasteiger partial charge in [-0.15, -0.1) is 10.2 Å². The Morgan fingerprint density at radius 3 is 2.00 bits per heavy atom. The third-order valence-corrected chi connectivity index (χ3v) is 5.23. The molecule has 0 spiro atoms. The van der Waals surface area contributed by atoms with E-state index in [-0.39, 0.29) is 0 Å². The van der Waals surface area contributed by atoms with E-state index in [2.05, 4.69) is 46.4 Å². The third kappa shape index (κ3) is 3.27. The predicted molar refractivity (Wildman–Crippen MR) is 94.1 cm³/mol. The Labute approximate surface area is 145 Å². The molecule has 4 heterocycles. The van der Waals surface area contributed by atoms with Gasteiger partial charge in [0.15, 0.2) is 11.6 Å². The van der Waals surface area contributed by atoms with Crippen LogP contribution in [0.5, 0.6) is 0 Å². The number of ether oxygens (including phenoxy) is 1. The fourth-order valence-corrected chi connectivity index (χ4v) is 3.71. The largest absolute Gasteiger partial charge is 0.378 e. The normalized spacial score (nSPS) is 19.0. The van der Waals surface area contributed by atoms with Gasteiger partial charge in [-0.3, -0.25) is 0 Å². The van der Waals surface area contributed by atoms with Crippen LogP contribution < -0.4 is 14.7 Å². The molecule has 0 radical (unpaired) electrons. The van der Waals surface area contributed by atoms with E-state index in [1.807, 2.05) is 6.92 Å². The zero-order chi connectivity index (χ0) is 16.4. The Morgan fingerprint density at radius 1 is 0.875 bits per heavy atom. The fraction of sp³-hybridized carbons (Fsp3) is 0.600. The lowest BCUT2D eigenvalue weighted by Crippen LogP contribution is -2.47. The molecule has 0 aromatic carbocycles. The molecule has 24 heavy (non-hydrogen) atoms. The standard InChI is InChI=1S/C15H21N7OS/c1-12-16-15(24-19-12)22-6-4-20(5-7-22)13-2-3-14(18-17-13)21-8-10-23-11-9-21/h2-3H,4-11H2,1H3. The zero-order valence-corrected chi connectivity index (χ0v) is 14.6. The second-order valence-corrected chi connectivity index (χ2v) is 6.68. The van der Waals surface area contributed by atoms with Gasteiger partial charge in [-0.1, -0.05) is 0 Å². The highest BCUT2D eigenvalue weighted by Gasteiger charge is 2.21. The van der Waals surface area contributed by atoms with Gasteiger partial charge in [0.1, 0.15) is 5.82 Å². The SMILES string of the molecule is Cc1nsc(N2CCN(c3ccc(N4CCOCC4)nn3)CC2)n1. The summed E-state index contributed by atoms with van der Waals surface area (Å²) < 4.78 is 9.64. The number of aromatic nitrogens is 4. The van der Waals surface area contributed by atoms with Gasteiger partial charge < -0.3 is 19.4 Å². The van der Waals surface area contributed by atoms with Crippen molar-refractivity contribution in [3.63, 3.8) is 0 Å². The molecule has 2 aliphatic heterocycles. The summed E-state index contributed by atoms with van der Waals surface area (Å²) in [5.41, 5.74) is 0. The second-order valence-electron chi connectivity index (χ2n) is 5.95. The molecule has 2 aromatic rings. The Kier molecular flexibility index (Phi) is 4.44. The van der Waals surface area contributed by atoms with E-state index in [0.29, 0.717) is 0 Å². The maximum Gasteiger partial charge on any atom is 0.205 e. The highest BCUT2D eigenvalue weighted by atomic mass is 32.1. The molecular formula is C15H21N7OS. The minimum Gasteiger partial charge on any atom is -0.378 e. The van der Waals surface area contributed by atoms with Crippen molar-refractivity contribution >= 4 is 28.3 Å². The highest BCUT2D eigenvalue weighted by Crippen LogP contribution is 2.21. The topological polar surface area (TPSA) is 70.5 Å². The highest BCUT2D eigenvalue weighted by molar-refractivity contribution is 7.09. The van der Waals surface area contributed by atoms with Crippen molar-refractivity contribution in [1.82, 2.24) is 19.6 Å². The van der Waals surface area contributed by atoms with Gasteiger partial charge >= 0.3 is 0 Å². The third-order valence-electron chi connectivity index (χ3n) is 4.36. The number of hydrogen-bond acceptors (Lipinski definition) is 9. The number of nitrogens with zero attached hydrogens (tertiary/aromatic N) is 7. The monoisotopic (exact) mass is 347 g/mol. The molecule has 2 fully saturated rings. The number of aryl methyl sites for hydroxylation is 1. The van der Waals surface area contributed by atoms with Crippen LogP contribution in [0.2, 0.25) is 0 Å². The molecule has 2 aromatic heterocycles. The van der Waals surface area contributed by atoms with Crippen LogP contribution in [-0.4, -0.2) is 72.0 Å². The first-order valence-electron chi connectivity index (χ1n) is 8.26. The lowest BCUT2D eigenvalue weighted by molar-refractivity contribution is 0.122. The first kappa shape index (κ1) is 15.5. The van der Waals surface area contributed by atoms with Gasteiger partial charge in [-0.2, -0.15) is 4.37 Å². The van der Waals surface area contributed by atoms with Crippen LogP contribution in [0.25, 0.3) is 0 Å². The van der Waals surface area contributed by atoms with Crippen molar-refractivity contribution in [2.75, 3.05) is 67.2 Å². The van der Waals surface area contributed by atoms with Crippen LogP contribution in [-0.2, 0) is 4.74 Å². The quantitative estimate of drug-likeness (QED) is 0.807. The summed E-state index contributed by atoms with van der Waals surface area (Å²) in [4.78, 5) is 11.3. The number of rotatable bonds is 3. The molecule has 0 N–H and O–H groups in total. The van der Waals surface area contributed by atoms with Crippen molar-refractivity contribution in [1.29, 1.82) is 0 Å². The summed E-state index contributed by atoms with van der Waals surface area (Å²) >= 11 is 1.47. The Bertz CT molecular complexity index is 663. The van der Waals surface area contributed by atoms with Gasteiger partial charge in [0.2, 0.25) is 5.13 Å². The molecule has 2 saturated heterocycles. The van der Waals surface area contributed by atoms with Gasteiger partial charge in [0, 0.05) is 50.8 Å². The molecule has 128 valence electrons. The maximum absolute atomic E-state index is 5.38. The van der Waals surface area contributed by atoms with E-state index in [0.717, 1.165) is 75.1 Å². The van der Waals surface area contributed by atoms with Crippen LogP contribution in [0.1, 0.15) is 5.82 Å². The first-order valence-corrected chi connectivity index (χ1v) is 9.03. The first-order chi connectivity index (χ1) is 11.8. The van der Waals surface area contributed by atoms with Crippen molar-refractivity contribution in [3.8, 4) is 0 Å². The van der Waals surface area contributed by atoms with Crippen LogP contribution in [0, 0.1) is 6.92 Å². The van der Waals surface area contributed by atoms with Crippen LogP contribution in [0.15, 0.2) is 12.1 Å². The van der Waals surface area contributed by atoms with E-state index in [1.54, 1.807) is 0 Å².